The molecule has 5 heteroatoms. The van der Waals surface area contributed by atoms with Crippen LogP contribution in [-0.2, 0) is 14.3 Å². The highest BCUT2D eigenvalue weighted by molar-refractivity contribution is 6.16. The van der Waals surface area contributed by atoms with Gasteiger partial charge in [0, 0.05) is 18.4 Å². The van der Waals surface area contributed by atoms with Gasteiger partial charge in [-0.05, 0) is 57.2 Å². The van der Waals surface area contributed by atoms with Crippen LogP contribution in [0.2, 0.25) is 0 Å². The zero-order chi connectivity index (χ0) is 18.5. The molecule has 26 heavy (non-hydrogen) atoms. The number of rotatable bonds is 5. The summed E-state index contributed by atoms with van der Waals surface area (Å²) in [7, 11) is 1.33. The predicted octanol–water partition coefficient (Wildman–Crippen LogP) is 3.64. The summed E-state index contributed by atoms with van der Waals surface area (Å²) in [5, 5.41) is 0. The molecule has 0 spiro atoms. The quantitative estimate of drug-likeness (QED) is 0.461. The van der Waals surface area contributed by atoms with E-state index < -0.39 is 5.97 Å². The number of hydrogen-bond acceptors (Lipinski definition) is 4. The number of aromatic nitrogens is 1. The van der Waals surface area contributed by atoms with Crippen molar-refractivity contribution in [1.82, 2.24) is 9.88 Å². The first-order chi connectivity index (χ1) is 12.6. The maximum Gasteiger partial charge on any atom is 0.340 e. The standard InChI is InChI=1S/C21H24N2O3/c1-15-19(21(25)26-2)18(14-17-10-6-7-12-22-17)20(24)23(15)13-11-16-8-4-3-5-9-16/h6-8,10,12,14H,3-5,9,11,13H2,1-2H3/b18-14-. The Kier molecular flexibility index (Phi) is 5.66. The molecule has 3 rings (SSSR count). The number of carbonyl (C=O) groups excluding carboxylic acids is 2. The molecular formula is C21H24N2O3. The van der Waals surface area contributed by atoms with Gasteiger partial charge in [0.15, 0.2) is 0 Å². The van der Waals surface area contributed by atoms with Crippen molar-refractivity contribution in [1.29, 1.82) is 0 Å². The van der Waals surface area contributed by atoms with Crippen molar-refractivity contribution in [3.8, 4) is 0 Å². The molecule has 0 fully saturated rings. The smallest absolute Gasteiger partial charge is 0.340 e. The summed E-state index contributed by atoms with van der Waals surface area (Å²) in [6.45, 7) is 2.38. The van der Waals surface area contributed by atoms with E-state index in [1.54, 1.807) is 30.2 Å². The van der Waals surface area contributed by atoms with Crippen molar-refractivity contribution in [2.24, 2.45) is 0 Å². The zero-order valence-electron chi connectivity index (χ0n) is 15.3. The van der Waals surface area contributed by atoms with Crippen molar-refractivity contribution >= 4 is 18.0 Å². The van der Waals surface area contributed by atoms with Crippen molar-refractivity contribution in [2.75, 3.05) is 13.7 Å². The number of pyridine rings is 1. The highest BCUT2D eigenvalue weighted by Crippen LogP contribution is 2.32. The lowest BCUT2D eigenvalue weighted by molar-refractivity contribution is -0.136. The molecule has 5 nitrogen and oxygen atoms in total. The van der Waals surface area contributed by atoms with E-state index in [-0.39, 0.29) is 5.91 Å². The largest absolute Gasteiger partial charge is 0.465 e. The summed E-state index contributed by atoms with van der Waals surface area (Å²) in [5.41, 5.74) is 3.38. The Morgan fingerprint density at radius 1 is 1.35 bits per heavy atom. The summed E-state index contributed by atoms with van der Waals surface area (Å²) in [5.74, 6) is -0.651. The SMILES string of the molecule is COC(=O)C1=C(C)N(CCC2=CCCCC2)C(=O)/C1=C\c1ccccn1. The lowest BCUT2D eigenvalue weighted by Crippen LogP contribution is -2.26. The van der Waals surface area contributed by atoms with Crippen LogP contribution in [0, 0.1) is 0 Å². The molecule has 0 aromatic carbocycles. The minimum absolute atomic E-state index is 0.162. The Hall–Kier alpha value is -2.69. The Bertz CT molecular complexity index is 791. The van der Waals surface area contributed by atoms with Gasteiger partial charge in [0.25, 0.3) is 5.91 Å². The zero-order valence-corrected chi connectivity index (χ0v) is 15.3. The third-order valence-corrected chi connectivity index (χ3v) is 4.92. The Balaban J connectivity index is 1.88. The van der Waals surface area contributed by atoms with Crippen molar-refractivity contribution in [2.45, 2.75) is 39.0 Å². The molecule has 0 bridgehead atoms. The first-order valence-corrected chi connectivity index (χ1v) is 9.04. The van der Waals surface area contributed by atoms with Gasteiger partial charge in [0.2, 0.25) is 0 Å². The van der Waals surface area contributed by atoms with Crippen molar-refractivity contribution < 1.29 is 14.3 Å². The number of ether oxygens (including phenoxy) is 1. The molecule has 1 aliphatic carbocycles. The van der Waals surface area contributed by atoms with Gasteiger partial charge >= 0.3 is 5.97 Å². The molecule has 1 aromatic heterocycles. The maximum absolute atomic E-state index is 13.0. The van der Waals surface area contributed by atoms with Crippen LogP contribution in [0.1, 0.15) is 44.7 Å². The van der Waals surface area contributed by atoms with E-state index in [0.29, 0.717) is 29.1 Å². The van der Waals surface area contributed by atoms with Crippen LogP contribution >= 0.6 is 0 Å². The van der Waals surface area contributed by atoms with Gasteiger partial charge in [0.05, 0.1) is 23.9 Å². The van der Waals surface area contributed by atoms with E-state index in [1.807, 2.05) is 12.1 Å². The third-order valence-electron chi connectivity index (χ3n) is 4.92. The number of allylic oxidation sites excluding steroid dienone is 2. The van der Waals surface area contributed by atoms with Gasteiger partial charge in [-0.25, -0.2) is 4.79 Å². The van der Waals surface area contributed by atoms with Crippen molar-refractivity contribution in [3.63, 3.8) is 0 Å². The third kappa shape index (κ3) is 3.77. The number of esters is 1. The fourth-order valence-corrected chi connectivity index (χ4v) is 3.49. The molecule has 2 aliphatic rings. The van der Waals surface area contributed by atoms with Crippen LogP contribution in [0.15, 0.2) is 52.9 Å². The maximum atomic E-state index is 13.0. The fourth-order valence-electron chi connectivity index (χ4n) is 3.49. The van der Waals surface area contributed by atoms with Gasteiger partial charge < -0.3 is 9.64 Å². The summed E-state index contributed by atoms with van der Waals surface area (Å²) in [6, 6.07) is 5.46. The molecule has 0 saturated carbocycles. The summed E-state index contributed by atoms with van der Waals surface area (Å²) in [6.07, 6.45) is 11.1. The van der Waals surface area contributed by atoms with Crippen LogP contribution in [0.4, 0.5) is 0 Å². The lowest BCUT2D eigenvalue weighted by Gasteiger charge is -2.20. The monoisotopic (exact) mass is 352 g/mol. The average Bonchev–Trinajstić information content (AvgIpc) is 2.91. The molecule has 0 atom stereocenters. The second-order valence-corrected chi connectivity index (χ2v) is 6.58. The van der Waals surface area contributed by atoms with E-state index in [9.17, 15) is 9.59 Å². The van der Waals surface area contributed by atoms with Gasteiger partial charge in [-0.2, -0.15) is 0 Å². The fraction of sp³-hybridized carbons (Fsp3) is 0.381. The van der Waals surface area contributed by atoms with Crippen LogP contribution < -0.4 is 0 Å². The van der Waals surface area contributed by atoms with E-state index in [4.69, 9.17) is 4.74 Å². The van der Waals surface area contributed by atoms with Gasteiger partial charge in [-0.3, -0.25) is 9.78 Å². The summed E-state index contributed by atoms with van der Waals surface area (Å²) < 4.78 is 4.92. The molecule has 0 radical (unpaired) electrons. The Labute approximate surface area is 154 Å². The topological polar surface area (TPSA) is 59.5 Å². The van der Waals surface area contributed by atoms with Crippen LogP contribution in [-0.4, -0.2) is 35.4 Å². The number of amides is 1. The Morgan fingerprint density at radius 3 is 2.85 bits per heavy atom. The summed E-state index contributed by atoms with van der Waals surface area (Å²) in [4.78, 5) is 31.2. The molecule has 1 amide bonds. The molecule has 0 unspecified atom stereocenters. The Morgan fingerprint density at radius 2 is 2.19 bits per heavy atom. The normalized spacial score (nSPS) is 19.2. The molecular weight excluding hydrogens is 328 g/mol. The predicted molar refractivity (Wildman–Crippen MR) is 99.8 cm³/mol. The molecule has 136 valence electrons. The van der Waals surface area contributed by atoms with E-state index >= 15 is 0 Å². The van der Waals surface area contributed by atoms with Crippen molar-refractivity contribution in [3.05, 3.63) is 58.6 Å². The molecule has 2 heterocycles. The molecule has 1 aliphatic heterocycles. The number of carbonyl (C=O) groups is 2. The van der Waals surface area contributed by atoms with Gasteiger partial charge in [-0.15, -0.1) is 0 Å². The van der Waals surface area contributed by atoms with E-state index in [0.717, 1.165) is 19.3 Å². The minimum atomic E-state index is -0.489. The second-order valence-electron chi connectivity index (χ2n) is 6.58. The number of nitrogens with zero attached hydrogens (tertiary/aromatic N) is 2. The van der Waals surface area contributed by atoms with E-state index in [1.165, 1.54) is 25.5 Å². The van der Waals surface area contributed by atoms with E-state index in [2.05, 4.69) is 11.1 Å². The molecule has 0 saturated heterocycles. The molecule has 0 N–H and O–H groups in total. The van der Waals surface area contributed by atoms with Gasteiger partial charge in [0.1, 0.15) is 0 Å². The second kappa shape index (κ2) is 8.13. The number of hydrogen-bond donors (Lipinski definition) is 0. The summed E-state index contributed by atoms with van der Waals surface area (Å²) >= 11 is 0. The highest BCUT2D eigenvalue weighted by atomic mass is 16.5. The first kappa shape index (κ1) is 18.1. The van der Waals surface area contributed by atoms with Crippen LogP contribution in [0.3, 0.4) is 0 Å². The number of methoxy groups -OCH3 is 1. The van der Waals surface area contributed by atoms with Crippen LogP contribution in [0.25, 0.3) is 6.08 Å². The lowest BCUT2D eigenvalue weighted by atomic mass is 9.97. The highest BCUT2D eigenvalue weighted by Gasteiger charge is 2.36. The average molecular weight is 352 g/mol. The van der Waals surface area contributed by atoms with Gasteiger partial charge in [-0.1, -0.05) is 17.7 Å². The first-order valence-electron chi connectivity index (χ1n) is 9.04. The minimum Gasteiger partial charge on any atom is -0.465 e. The van der Waals surface area contributed by atoms with Crippen LogP contribution in [0.5, 0.6) is 0 Å². The molecule has 1 aromatic rings.